The molecule has 3 rings (SSSR count). The van der Waals surface area contributed by atoms with E-state index in [0.29, 0.717) is 0 Å². The summed E-state index contributed by atoms with van der Waals surface area (Å²) < 4.78 is 13.2. The highest BCUT2D eigenvalue weighted by Crippen LogP contribution is 2.35. The largest absolute Gasteiger partial charge is 0.493 e. The molecule has 112 valence electrons. The number of hydrogen-bond donors (Lipinski definition) is 1. The second-order valence-corrected chi connectivity index (χ2v) is 5.45. The maximum absolute atomic E-state index is 11.4. The first-order valence-corrected chi connectivity index (χ1v) is 7.28. The topological polar surface area (TPSA) is 56.2 Å². The molecular weight excluding hydrogens is 268 g/mol. The van der Waals surface area contributed by atoms with E-state index in [1.165, 1.54) is 12.8 Å². The third-order valence-electron chi connectivity index (χ3n) is 3.96. The Morgan fingerprint density at radius 3 is 2.57 bits per heavy atom. The van der Waals surface area contributed by atoms with Crippen molar-refractivity contribution < 1.29 is 9.47 Å². The molecule has 1 aliphatic rings. The van der Waals surface area contributed by atoms with E-state index < -0.39 is 0 Å². The van der Waals surface area contributed by atoms with Gasteiger partial charge in [-0.2, -0.15) is 0 Å². The van der Waals surface area contributed by atoms with Gasteiger partial charge in [-0.25, -0.2) is 0 Å². The number of rotatable bonds is 4. The molecule has 2 aromatic rings. The SMILES string of the molecule is COc1ccc(-c2cc(=O)[nH]n2C)cc1OC1CCCC1. The van der Waals surface area contributed by atoms with E-state index in [2.05, 4.69) is 5.10 Å². The maximum atomic E-state index is 11.4. The average Bonchev–Trinajstić information content (AvgIpc) is 3.08. The van der Waals surface area contributed by atoms with Crippen LogP contribution in [0.5, 0.6) is 11.5 Å². The molecule has 5 heteroatoms. The first kappa shape index (κ1) is 13.8. The molecule has 1 N–H and O–H groups in total. The molecule has 1 aromatic carbocycles. The van der Waals surface area contributed by atoms with Crippen molar-refractivity contribution in [2.24, 2.45) is 7.05 Å². The lowest BCUT2D eigenvalue weighted by Crippen LogP contribution is -2.11. The van der Waals surface area contributed by atoms with Gasteiger partial charge < -0.3 is 9.47 Å². The molecule has 0 amide bonds. The van der Waals surface area contributed by atoms with E-state index in [0.717, 1.165) is 35.6 Å². The van der Waals surface area contributed by atoms with Crippen LogP contribution in [0.25, 0.3) is 11.3 Å². The van der Waals surface area contributed by atoms with Crippen molar-refractivity contribution in [3.8, 4) is 22.8 Å². The van der Waals surface area contributed by atoms with Gasteiger partial charge in [-0.05, 0) is 43.9 Å². The zero-order chi connectivity index (χ0) is 14.8. The van der Waals surface area contributed by atoms with Gasteiger partial charge in [0, 0.05) is 18.7 Å². The van der Waals surface area contributed by atoms with Crippen molar-refractivity contribution in [2.75, 3.05) is 7.11 Å². The van der Waals surface area contributed by atoms with Gasteiger partial charge in [0.1, 0.15) is 0 Å². The summed E-state index contributed by atoms with van der Waals surface area (Å²) in [4.78, 5) is 11.4. The van der Waals surface area contributed by atoms with Crippen molar-refractivity contribution in [1.29, 1.82) is 0 Å². The third kappa shape index (κ3) is 2.82. The Hall–Kier alpha value is -2.17. The van der Waals surface area contributed by atoms with Crippen LogP contribution < -0.4 is 15.0 Å². The second-order valence-electron chi connectivity index (χ2n) is 5.45. The molecule has 1 aromatic heterocycles. The predicted molar refractivity (Wildman–Crippen MR) is 80.9 cm³/mol. The number of nitrogens with one attached hydrogen (secondary N) is 1. The van der Waals surface area contributed by atoms with Crippen LogP contribution in [0.4, 0.5) is 0 Å². The summed E-state index contributed by atoms with van der Waals surface area (Å²) in [5.41, 5.74) is 1.66. The van der Waals surface area contributed by atoms with Gasteiger partial charge in [-0.15, -0.1) is 0 Å². The van der Waals surface area contributed by atoms with Gasteiger partial charge in [0.05, 0.1) is 18.9 Å². The zero-order valence-corrected chi connectivity index (χ0v) is 12.4. The van der Waals surface area contributed by atoms with Gasteiger partial charge in [-0.1, -0.05) is 0 Å². The molecule has 0 aliphatic heterocycles. The lowest BCUT2D eigenvalue weighted by atomic mass is 10.1. The molecule has 0 spiro atoms. The second kappa shape index (κ2) is 5.68. The van der Waals surface area contributed by atoms with Crippen LogP contribution in [0.1, 0.15) is 25.7 Å². The summed E-state index contributed by atoms with van der Waals surface area (Å²) in [5.74, 6) is 1.47. The zero-order valence-electron chi connectivity index (χ0n) is 12.4. The van der Waals surface area contributed by atoms with Crippen molar-refractivity contribution in [1.82, 2.24) is 9.78 Å². The molecule has 5 nitrogen and oxygen atoms in total. The summed E-state index contributed by atoms with van der Waals surface area (Å²) in [5, 5.41) is 2.72. The number of hydrogen-bond acceptors (Lipinski definition) is 3. The van der Waals surface area contributed by atoms with Gasteiger partial charge in [0.15, 0.2) is 11.5 Å². The normalized spacial score (nSPS) is 15.3. The fourth-order valence-electron chi connectivity index (χ4n) is 2.87. The molecular formula is C16H20N2O3. The first-order valence-electron chi connectivity index (χ1n) is 7.28. The minimum Gasteiger partial charge on any atom is -0.493 e. The van der Waals surface area contributed by atoms with Crippen LogP contribution in [-0.2, 0) is 7.05 Å². The molecule has 1 aliphatic carbocycles. The summed E-state index contributed by atoms with van der Waals surface area (Å²) >= 11 is 0. The molecule has 1 fully saturated rings. The van der Waals surface area contributed by atoms with E-state index in [9.17, 15) is 4.79 Å². The maximum Gasteiger partial charge on any atom is 0.264 e. The van der Waals surface area contributed by atoms with Crippen LogP contribution in [-0.4, -0.2) is 23.0 Å². The number of nitrogens with zero attached hydrogens (tertiary/aromatic N) is 1. The van der Waals surface area contributed by atoms with Crippen molar-refractivity contribution in [2.45, 2.75) is 31.8 Å². The quantitative estimate of drug-likeness (QED) is 0.941. The van der Waals surface area contributed by atoms with Gasteiger partial charge in [0.2, 0.25) is 0 Å². The van der Waals surface area contributed by atoms with Gasteiger partial charge in [-0.3, -0.25) is 14.6 Å². The van der Waals surface area contributed by atoms with Crippen molar-refractivity contribution >= 4 is 0 Å². The van der Waals surface area contributed by atoms with Crippen LogP contribution in [0, 0.1) is 0 Å². The number of aromatic nitrogens is 2. The standard InChI is InChI=1S/C16H20N2O3/c1-18-13(10-16(19)17-18)11-7-8-14(20-2)15(9-11)21-12-5-3-4-6-12/h7-10,12H,3-6H2,1-2H3,(H,17,19). The first-order chi connectivity index (χ1) is 10.2. The number of benzene rings is 1. The number of ether oxygens (including phenoxy) is 2. The number of H-pyrrole nitrogens is 1. The third-order valence-corrected chi connectivity index (χ3v) is 3.96. The Labute approximate surface area is 123 Å². The van der Waals surface area contributed by atoms with Crippen LogP contribution >= 0.6 is 0 Å². The summed E-state index contributed by atoms with van der Waals surface area (Å²) in [6.07, 6.45) is 4.90. The average molecular weight is 288 g/mol. The highest BCUT2D eigenvalue weighted by Gasteiger charge is 2.19. The van der Waals surface area contributed by atoms with Crippen molar-refractivity contribution in [3.05, 3.63) is 34.6 Å². The Morgan fingerprint density at radius 1 is 1.19 bits per heavy atom. The Kier molecular flexibility index (Phi) is 3.73. The smallest absolute Gasteiger partial charge is 0.264 e. The summed E-state index contributed by atoms with van der Waals surface area (Å²) in [6.45, 7) is 0. The van der Waals surface area contributed by atoms with Gasteiger partial charge >= 0.3 is 0 Å². The lowest BCUT2D eigenvalue weighted by Gasteiger charge is -2.17. The fourth-order valence-corrected chi connectivity index (χ4v) is 2.87. The van der Waals surface area contributed by atoms with Crippen LogP contribution in [0.2, 0.25) is 0 Å². The molecule has 0 unspecified atom stereocenters. The minimum absolute atomic E-state index is 0.110. The molecule has 0 atom stereocenters. The Morgan fingerprint density at radius 2 is 1.95 bits per heavy atom. The lowest BCUT2D eigenvalue weighted by molar-refractivity contribution is 0.201. The monoisotopic (exact) mass is 288 g/mol. The van der Waals surface area contributed by atoms with Crippen LogP contribution in [0.3, 0.4) is 0 Å². The summed E-state index contributed by atoms with van der Waals surface area (Å²) in [6, 6.07) is 7.35. The molecule has 21 heavy (non-hydrogen) atoms. The highest BCUT2D eigenvalue weighted by atomic mass is 16.5. The minimum atomic E-state index is -0.110. The number of aromatic amines is 1. The highest BCUT2D eigenvalue weighted by molar-refractivity contribution is 5.64. The number of methoxy groups -OCH3 is 1. The van der Waals surface area contributed by atoms with E-state index in [1.807, 2.05) is 25.2 Å². The molecule has 0 saturated heterocycles. The Bertz CT molecular complexity index is 681. The van der Waals surface area contributed by atoms with Crippen LogP contribution in [0.15, 0.2) is 29.1 Å². The fraction of sp³-hybridized carbons (Fsp3) is 0.438. The molecule has 1 saturated carbocycles. The van der Waals surface area contributed by atoms with E-state index >= 15 is 0 Å². The van der Waals surface area contributed by atoms with Crippen molar-refractivity contribution in [3.63, 3.8) is 0 Å². The molecule has 0 bridgehead atoms. The van der Waals surface area contributed by atoms with E-state index in [-0.39, 0.29) is 11.7 Å². The Balaban J connectivity index is 1.95. The van der Waals surface area contributed by atoms with E-state index in [1.54, 1.807) is 17.9 Å². The van der Waals surface area contributed by atoms with Gasteiger partial charge in [0.25, 0.3) is 5.56 Å². The molecule has 1 heterocycles. The molecule has 0 radical (unpaired) electrons. The van der Waals surface area contributed by atoms with E-state index in [4.69, 9.17) is 9.47 Å². The number of aryl methyl sites for hydroxylation is 1. The predicted octanol–water partition coefficient (Wildman–Crippen LogP) is 2.71. The summed E-state index contributed by atoms with van der Waals surface area (Å²) in [7, 11) is 3.46.